The minimum absolute atomic E-state index is 0.213. The van der Waals surface area contributed by atoms with Gasteiger partial charge in [-0.05, 0) is 19.4 Å². The molecule has 1 aliphatic rings. The molecule has 1 saturated heterocycles. The fourth-order valence-electron chi connectivity index (χ4n) is 2.79. The molecule has 6 heteroatoms. The van der Waals surface area contributed by atoms with E-state index in [2.05, 4.69) is 6.58 Å². The van der Waals surface area contributed by atoms with Crippen LogP contribution in [0.15, 0.2) is 43.0 Å². The Morgan fingerprint density at radius 1 is 1.31 bits per heavy atom. The Labute approximate surface area is 154 Å². The Morgan fingerprint density at radius 2 is 1.96 bits per heavy atom. The summed E-state index contributed by atoms with van der Waals surface area (Å²) in [5.41, 5.74) is -0.359. The number of hydrogen-bond acceptors (Lipinski definition) is 5. The van der Waals surface area contributed by atoms with E-state index in [0.29, 0.717) is 26.3 Å². The topological polar surface area (TPSA) is 65.1 Å². The highest BCUT2D eigenvalue weighted by molar-refractivity contribution is 5.91. The molecule has 0 bridgehead atoms. The van der Waals surface area contributed by atoms with Crippen LogP contribution in [0.3, 0.4) is 0 Å². The van der Waals surface area contributed by atoms with Crippen LogP contribution < -0.4 is 0 Å². The Kier molecular flexibility index (Phi) is 7.36. The second-order valence-corrected chi connectivity index (χ2v) is 6.32. The molecule has 0 unspecified atom stereocenters. The Hall–Kier alpha value is -2.18. The lowest BCUT2D eigenvalue weighted by atomic mass is 9.83. The van der Waals surface area contributed by atoms with Crippen LogP contribution in [0.2, 0.25) is 0 Å². The number of carbonyl (C=O) groups excluding carboxylic acids is 2. The average Bonchev–Trinajstić information content (AvgIpc) is 2.69. The molecule has 0 spiro atoms. The predicted octanol–water partition coefficient (Wildman–Crippen LogP) is 2.19. The summed E-state index contributed by atoms with van der Waals surface area (Å²) >= 11 is 0. The molecule has 1 fully saturated rings. The zero-order valence-electron chi connectivity index (χ0n) is 15.5. The second-order valence-electron chi connectivity index (χ2n) is 6.32. The molecule has 1 aliphatic heterocycles. The van der Waals surface area contributed by atoms with E-state index in [1.807, 2.05) is 30.3 Å². The molecule has 0 saturated carbocycles. The third-order valence-corrected chi connectivity index (χ3v) is 4.49. The first kappa shape index (κ1) is 20.1. The van der Waals surface area contributed by atoms with Gasteiger partial charge in [0, 0.05) is 13.1 Å². The van der Waals surface area contributed by atoms with Crippen molar-refractivity contribution >= 4 is 11.9 Å². The molecule has 0 radical (unpaired) electrons. The lowest BCUT2D eigenvalue weighted by molar-refractivity contribution is -0.172. The fraction of sp³-hybridized carbons (Fsp3) is 0.500. The normalized spacial score (nSPS) is 17.8. The molecule has 0 aliphatic carbocycles. The van der Waals surface area contributed by atoms with E-state index >= 15 is 0 Å². The van der Waals surface area contributed by atoms with Crippen LogP contribution in [0.25, 0.3) is 0 Å². The molecule has 26 heavy (non-hydrogen) atoms. The van der Waals surface area contributed by atoms with Crippen molar-refractivity contribution in [2.45, 2.75) is 26.6 Å². The largest absolute Gasteiger partial charge is 0.465 e. The molecule has 1 amide bonds. The van der Waals surface area contributed by atoms with Crippen molar-refractivity contribution in [1.82, 2.24) is 4.90 Å². The van der Waals surface area contributed by atoms with Crippen LogP contribution in [0.1, 0.15) is 19.4 Å². The monoisotopic (exact) mass is 361 g/mol. The number of rotatable bonds is 8. The maximum absolute atomic E-state index is 13.1. The molecule has 1 aromatic carbocycles. The zero-order chi connectivity index (χ0) is 19.0. The van der Waals surface area contributed by atoms with Crippen molar-refractivity contribution < 1.29 is 23.8 Å². The summed E-state index contributed by atoms with van der Waals surface area (Å²) in [4.78, 5) is 27.4. The average molecular weight is 361 g/mol. The van der Waals surface area contributed by atoms with Gasteiger partial charge in [0.2, 0.25) is 0 Å². The van der Waals surface area contributed by atoms with E-state index in [0.717, 1.165) is 5.56 Å². The minimum atomic E-state index is -1.28. The smallest absolute Gasteiger partial charge is 0.318 e. The molecule has 0 N–H and O–H groups in total. The van der Waals surface area contributed by atoms with Crippen molar-refractivity contribution in [3.63, 3.8) is 0 Å². The molecule has 6 nitrogen and oxygen atoms in total. The van der Waals surface area contributed by atoms with Crippen LogP contribution >= 0.6 is 0 Å². The van der Waals surface area contributed by atoms with Gasteiger partial charge in [0.15, 0.2) is 6.10 Å². The van der Waals surface area contributed by atoms with Crippen molar-refractivity contribution in [1.29, 1.82) is 0 Å². The number of morpholine rings is 1. The molecule has 2 rings (SSSR count). The van der Waals surface area contributed by atoms with Gasteiger partial charge in [-0.2, -0.15) is 0 Å². The molecule has 1 aromatic rings. The number of nitrogens with zero attached hydrogens (tertiary/aromatic N) is 1. The molecule has 142 valence electrons. The number of hydrogen-bond donors (Lipinski definition) is 0. The van der Waals surface area contributed by atoms with Gasteiger partial charge in [-0.1, -0.05) is 36.4 Å². The van der Waals surface area contributed by atoms with Crippen LogP contribution in [0.5, 0.6) is 0 Å². The molecule has 0 aromatic heterocycles. The third-order valence-electron chi connectivity index (χ3n) is 4.49. The maximum atomic E-state index is 13.1. The van der Waals surface area contributed by atoms with Crippen molar-refractivity contribution in [3.8, 4) is 0 Å². The summed E-state index contributed by atoms with van der Waals surface area (Å²) in [7, 11) is 0. The highest BCUT2D eigenvalue weighted by atomic mass is 16.5. The van der Waals surface area contributed by atoms with Gasteiger partial charge in [-0.15, -0.1) is 6.58 Å². The van der Waals surface area contributed by atoms with Gasteiger partial charge in [-0.3, -0.25) is 9.59 Å². The first-order valence-electron chi connectivity index (χ1n) is 8.85. The summed E-state index contributed by atoms with van der Waals surface area (Å²) in [5.74, 6) is -0.769. The SMILES string of the molecule is C=C[C@@](C)(C(=O)OCC)[C@H](OCc1ccccc1)C(=O)N1CCOCC1. The molecular weight excluding hydrogens is 334 g/mol. The van der Waals surface area contributed by atoms with Gasteiger partial charge in [0.05, 0.1) is 26.4 Å². The minimum Gasteiger partial charge on any atom is -0.465 e. The van der Waals surface area contributed by atoms with E-state index in [-0.39, 0.29) is 19.1 Å². The Balaban J connectivity index is 2.25. The first-order valence-corrected chi connectivity index (χ1v) is 8.85. The van der Waals surface area contributed by atoms with Crippen molar-refractivity contribution in [2.75, 3.05) is 32.9 Å². The van der Waals surface area contributed by atoms with Crippen LogP contribution in [0.4, 0.5) is 0 Å². The third kappa shape index (κ3) is 4.71. The fourth-order valence-corrected chi connectivity index (χ4v) is 2.79. The number of ether oxygens (including phenoxy) is 3. The van der Waals surface area contributed by atoms with Gasteiger partial charge in [0.25, 0.3) is 5.91 Å². The molecule has 1 heterocycles. The van der Waals surface area contributed by atoms with E-state index in [4.69, 9.17) is 14.2 Å². The van der Waals surface area contributed by atoms with E-state index in [9.17, 15) is 9.59 Å². The molecular formula is C20H27NO5. The Bertz CT molecular complexity index is 612. The van der Waals surface area contributed by atoms with Gasteiger partial charge < -0.3 is 19.1 Å². The summed E-state index contributed by atoms with van der Waals surface area (Å²) in [6.07, 6.45) is 0.427. The lowest BCUT2D eigenvalue weighted by Gasteiger charge is -2.36. The number of benzene rings is 1. The predicted molar refractivity (Wildman–Crippen MR) is 97.4 cm³/mol. The summed E-state index contributed by atoms with van der Waals surface area (Å²) in [6, 6.07) is 9.52. The van der Waals surface area contributed by atoms with Crippen LogP contribution in [-0.2, 0) is 30.4 Å². The quantitative estimate of drug-likeness (QED) is 0.525. The highest BCUT2D eigenvalue weighted by Crippen LogP contribution is 2.30. The molecule has 2 atom stereocenters. The summed E-state index contributed by atoms with van der Waals surface area (Å²) in [6.45, 7) is 9.45. The Morgan fingerprint density at radius 3 is 2.54 bits per heavy atom. The number of esters is 1. The second kappa shape index (κ2) is 9.50. The highest BCUT2D eigenvalue weighted by Gasteiger charge is 2.47. The number of carbonyl (C=O) groups is 2. The maximum Gasteiger partial charge on any atom is 0.318 e. The summed E-state index contributed by atoms with van der Waals surface area (Å²) < 4.78 is 16.5. The number of amides is 1. The zero-order valence-corrected chi connectivity index (χ0v) is 15.5. The van der Waals surface area contributed by atoms with Crippen molar-refractivity contribution in [2.24, 2.45) is 5.41 Å². The first-order chi connectivity index (χ1) is 12.5. The van der Waals surface area contributed by atoms with E-state index < -0.39 is 17.5 Å². The summed E-state index contributed by atoms with van der Waals surface area (Å²) in [5, 5.41) is 0. The van der Waals surface area contributed by atoms with Crippen LogP contribution in [-0.4, -0.2) is 55.8 Å². The van der Waals surface area contributed by atoms with Gasteiger partial charge in [0.1, 0.15) is 5.41 Å². The van der Waals surface area contributed by atoms with E-state index in [1.165, 1.54) is 6.08 Å². The van der Waals surface area contributed by atoms with Gasteiger partial charge >= 0.3 is 5.97 Å². The van der Waals surface area contributed by atoms with E-state index in [1.54, 1.807) is 18.7 Å². The van der Waals surface area contributed by atoms with Gasteiger partial charge in [-0.25, -0.2) is 0 Å². The van der Waals surface area contributed by atoms with Crippen LogP contribution in [0, 0.1) is 5.41 Å². The standard InChI is InChI=1S/C20H27NO5/c1-4-20(3,19(23)25-5-2)17(18(22)21-11-13-24-14-12-21)26-15-16-9-7-6-8-10-16/h4,6-10,17H,1,5,11-15H2,2-3H3/t17-,20-/m1/s1. The van der Waals surface area contributed by atoms with Crippen molar-refractivity contribution in [3.05, 3.63) is 48.6 Å². The lowest BCUT2D eigenvalue weighted by Crippen LogP contribution is -2.54.